The van der Waals surface area contributed by atoms with Gasteiger partial charge in [-0.3, -0.25) is 0 Å². The number of hydrogen-bond acceptors (Lipinski definition) is 3. The predicted octanol–water partition coefficient (Wildman–Crippen LogP) is 4.73. The Morgan fingerprint density at radius 3 is 1.42 bits per heavy atom. The Morgan fingerprint density at radius 2 is 1.04 bits per heavy atom. The Labute approximate surface area is 142 Å². The molecular weight excluding hydrogens is 296 g/mol. The Hall–Kier alpha value is -2.93. The molecule has 0 heterocycles. The van der Waals surface area contributed by atoms with E-state index in [0.29, 0.717) is 0 Å². The van der Waals surface area contributed by atoms with Crippen molar-refractivity contribution < 1.29 is 5.21 Å². The summed E-state index contributed by atoms with van der Waals surface area (Å²) in [5.41, 5.74) is 2.63. The summed E-state index contributed by atoms with van der Waals surface area (Å²) in [4.78, 5) is 0. The first kappa shape index (κ1) is 15.9. The molecule has 3 nitrogen and oxygen atoms in total. The molecule has 0 saturated heterocycles. The van der Waals surface area contributed by atoms with Crippen LogP contribution in [-0.4, -0.2) is 10.3 Å². The fourth-order valence-electron chi connectivity index (χ4n) is 2.84. The van der Waals surface area contributed by atoms with E-state index in [1.165, 1.54) is 0 Å². The second kappa shape index (κ2) is 7.56. The minimum Gasteiger partial charge on any atom is -0.311 e. The van der Waals surface area contributed by atoms with Gasteiger partial charge in [-0.05, 0) is 16.7 Å². The molecule has 0 aromatic heterocycles. The van der Waals surface area contributed by atoms with Gasteiger partial charge in [0.25, 0.3) is 0 Å². The van der Waals surface area contributed by atoms with E-state index in [1.807, 2.05) is 91.0 Å². The number of rotatable bonds is 5. The van der Waals surface area contributed by atoms with E-state index in [2.05, 4.69) is 6.07 Å². The van der Waals surface area contributed by atoms with Gasteiger partial charge in [0.05, 0.1) is 12.1 Å². The Bertz CT molecular complexity index is 758. The molecule has 1 atom stereocenters. The summed E-state index contributed by atoms with van der Waals surface area (Å²) in [6, 6.07) is 29.8. The summed E-state index contributed by atoms with van der Waals surface area (Å²) >= 11 is 0. The van der Waals surface area contributed by atoms with Gasteiger partial charge in [-0.2, -0.15) is 10.3 Å². The van der Waals surface area contributed by atoms with Crippen molar-refractivity contribution in [3.05, 3.63) is 108 Å². The molecule has 0 aliphatic heterocycles. The van der Waals surface area contributed by atoms with E-state index in [4.69, 9.17) is 0 Å². The summed E-state index contributed by atoms with van der Waals surface area (Å²) in [6.07, 6.45) is 0. The lowest BCUT2D eigenvalue weighted by atomic mass is 9.96. The van der Waals surface area contributed by atoms with Crippen molar-refractivity contribution in [3.8, 4) is 6.07 Å². The van der Waals surface area contributed by atoms with E-state index < -0.39 is 12.1 Å². The van der Waals surface area contributed by atoms with Gasteiger partial charge in [0, 0.05) is 0 Å². The van der Waals surface area contributed by atoms with Gasteiger partial charge in [-0.15, -0.1) is 0 Å². The maximum atomic E-state index is 10.9. The number of benzene rings is 3. The maximum Gasteiger partial charge on any atom is 0.147 e. The SMILES string of the molecule is N#C[C@H](c1ccccc1)N(O)C(c1ccccc1)c1ccccc1. The highest BCUT2D eigenvalue weighted by atomic mass is 16.5. The van der Waals surface area contributed by atoms with Crippen molar-refractivity contribution in [2.75, 3.05) is 0 Å². The molecule has 0 saturated carbocycles. The van der Waals surface area contributed by atoms with Gasteiger partial charge >= 0.3 is 0 Å². The van der Waals surface area contributed by atoms with E-state index >= 15 is 0 Å². The monoisotopic (exact) mass is 314 g/mol. The van der Waals surface area contributed by atoms with Crippen molar-refractivity contribution in [2.24, 2.45) is 0 Å². The molecule has 0 fully saturated rings. The van der Waals surface area contributed by atoms with E-state index in [-0.39, 0.29) is 0 Å². The van der Waals surface area contributed by atoms with Crippen LogP contribution >= 0.6 is 0 Å². The molecule has 118 valence electrons. The maximum absolute atomic E-state index is 10.9. The molecule has 0 spiro atoms. The highest BCUT2D eigenvalue weighted by Crippen LogP contribution is 2.33. The molecule has 0 unspecified atom stereocenters. The van der Waals surface area contributed by atoms with Crippen LogP contribution in [0.5, 0.6) is 0 Å². The lowest BCUT2D eigenvalue weighted by Gasteiger charge is -2.30. The normalized spacial score (nSPS) is 12.1. The van der Waals surface area contributed by atoms with Crippen molar-refractivity contribution >= 4 is 0 Å². The summed E-state index contributed by atoms with van der Waals surface area (Å²) < 4.78 is 0. The lowest BCUT2D eigenvalue weighted by Crippen LogP contribution is -2.30. The minimum absolute atomic E-state index is 0.419. The third-order valence-electron chi connectivity index (χ3n) is 4.00. The van der Waals surface area contributed by atoms with Crippen LogP contribution < -0.4 is 0 Å². The van der Waals surface area contributed by atoms with Crippen LogP contribution in [0.4, 0.5) is 0 Å². The second-order valence-electron chi connectivity index (χ2n) is 5.55. The van der Waals surface area contributed by atoms with Crippen LogP contribution in [0.1, 0.15) is 28.8 Å². The summed E-state index contributed by atoms with van der Waals surface area (Å²) in [7, 11) is 0. The molecule has 0 bridgehead atoms. The number of nitriles is 1. The largest absolute Gasteiger partial charge is 0.311 e. The fraction of sp³-hybridized carbons (Fsp3) is 0.0952. The van der Waals surface area contributed by atoms with Gasteiger partial charge in [-0.1, -0.05) is 91.0 Å². The topological polar surface area (TPSA) is 47.3 Å². The third kappa shape index (κ3) is 3.36. The number of hydroxylamine groups is 2. The molecule has 1 N–H and O–H groups in total. The van der Waals surface area contributed by atoms with Crippen molar-refractivity contribution in [1.82, 2.24) is 5.06 Å². The zero-order valence-electron chi connectivity index (χ0n) is 13.2. The lowest BCUT2D eigenvalue weighted by molar-refractivity contribution is -0.138. The van der Waals surface area contributed by atoms with Gasteiger partial charge in [-0.25, -0.2) is 0 Å². The van der Waals surface area contributed by atoms with Gasteiger partial charge in [0.1, 0.15) is 6.04 Å². The van der Waals surface area contributed by atoms with Crippen molar-refractivity contribution in [1.29, 1.82) is 5.26 Å². The molecule has 3 rings (SSSR count). The van der Waals surface area contributed by atoms with E-state index in [1.54, 1.807) is 0 Å². The fourth-order valence-corrected chi connectivity index (χ4v) is 2.84. The summed E-state index contributed by atoms with van der Waals surface area (Å²) in [6.45, 7) is 0. The zero-order chi connectivity index (χ0) is 16.8. The highest BCUT2D eigenvalue weighted by molar-refractivity contribution is 5.33. The molecule has 3 heteroatoms. The first-order valence-electron chi connectivity index (χ1n) is 7.83. The highest BCUT2D eigenvalue weighted by Gasteiger charge is 2.28. The van der Waals surface area contributed by atoms with E-state index in [9.17, 15) is 10.5 Å². The standard InChI is InChI=1S/C21H18N2O/c22-16-20(17-10-4-1-5-11-17)23(24)21(18-12-6-2-7-13-18)19-14-8-3-9-15-19/h1-15,20-21,24H/t20-/m1/s1. The molecular formula is C21H18N2O. The molecule has 3 aromatic rings. The summed E-state index contributed by atoms with van der Waals surface area (Å²) in [5.74, 6) is 0. The van der Waals surface area contributed by atoms with Crippen LogP contribution in [0.25, 0.3) is 0 Å². The molecule has 24 heavy (non-hydrogen) atoms. The molecule has 0 amide bonds. The van der Waals surface area contributed by atoms with Crippen molar-refractivity contribution in [3.63, 3.8) is 0 Å². The third-order valence-corrected chi connectivity index (χ3v) is 4.00. The first-order chi connectivity index (χ1) is 11.8. The van der Waals surface area contributed by atoms with Crippen LogP contribution in [0.2, 0.25) is 0 Å². The van der Waals surface area contributed by atoms with Gasteiger partial charge in [0.15, 0.2) is 0 Å². The van der Waals surface area contributed by atoms with Crippen LogP contribution in [-0.2, 0) is 0 Å². The van der Waals surface area contributed by atoms with Crippen LogP contribution in [0, 0.1) is 11.3 Å². The molecule has 0 radical (unpaired) electrons. The van der Waals surface area contributed by atoms with Crippen LogP contribution in [0.3, 0.4) is 0 Å². The minimum atomic E-state index is -0.753. The Morgan fingerprint density at radius 1 is 0.667 bits per heavy atom. The first-order valence-corrected chi connectivity index (χ1v) is 7.83. The number of hydrogen-bond donors (Lipinski definition) is 1. The van der Waals surface area contributed by atoms with Crippen molar-refractivity contribution in [2.45, 2.75) is 12.1 Å². The molecule has 0 aliphatic rings. The average molecular weight is 314 g/mol. The zero-order valence-corrected chi connectivity index (χ0v) is 13.2. The number of nitrogens with zero attached hydrogens (tertiary/aromatic N) is 2. The smallest absolute Gasteiger partial charge is 0.147 e. The van der Waals surface area contributed by atoms with Crippen LogP contribution in [0.15, 0.2) is 91.0 Å². The van der Waals surface area contributed by atoms with E-state index in [0.717, 1.165) is 21.8 Å². The molecule has 0 aliphatic carbocycles. The second-order valence-corrected chi connectivity index (χ2v) is 5.55. The van der Waals surface area contributed by atoms with Gasteiger partial charge < -0.3 is 5.21 Å². The molecule has 3 aromatic carbocycles. The Balaban J connectivity index is 2.04. The predicted molar refractivity (Wildman–Crippen MR) is 93.1 cm³/mol. The quantitative estimate of drug-likeness (QED) is 0.692. The Kier molecular flexibility index (Phi) is 5.02. The van der Waals surface area contributed by atoms with Gasteiger partial charge in [0.2, 0.25) is 0 Å². The summed E-state index contributed by atoms with van der Waals surface area (Å²) in [5, 5.41) is 21.7. The average Bonchev–Trinajstić information content (AvgIpc) is 2.65.